The van der Waals surface area contributed by atoms with Crippen molar-refractivity contribution in [3.05, 3.63) is 90.3 Å². The Labute approximate surface area is 168 Å². The fourth-order valence-corrected chi connectivity index (χ4v) is 3.60. The molecule has 1 N–H and O–H groups in total. The Balaban J connectivity index is 1.70. The molecular formula is C22H20N4O3. The molecular weight excluding hydrogens is 368 g/mol. The van der Waals surface area contributed by atoms with Crippen LogP contribution in [0.3, 0.4) is 0 Å². The Morgan fingerprint density at radius 2 is 1.72 bits per heavy atom. The van der Waals surface area contributed by atoms with Crippen molar-refractivity contribution in [3.63, 3.8) is 0 Å². The van der Waals surface area contributed by atoms with Gasteiger partial charge in [-0.1, -0.05) is 30.3 Å². The van der Waals surface area contributed by atoms with Crippen LogP contribution in [0.2, 0.25) is 0 Å². The highest BCUT2D eigenvalue weighted by Crippen LogP contribution is 2.39. The van der Waals surface area contributed by atoms with Gasteiger partial charge in [0.25, 0.3) is 11.7 Å². The molecule has 1 atom stereocenters. The predicted octanol–water partition coefficient (Wildman–Crippen LogP) is 2.79. The lowest BCUT2D eigenvalue weighted by Crippen LogP contribution is -2.31. The lowest BCUT2D eigenvalue weighted by atomic mass is 9.96. The summed E-state index contributed by atoms with van der Waals surface area (Å²) in [6.45, 7) is 1.05. The van der Waals surface area contributed by atoms with E-state index in [1.54, 1.807) is 61.3 Å². The fourth-order valence-electron chi connectivity index (χ4n) is 3.60. The van der Waals surface area contributed by atoms with Crippen LogP contribution in [-0.4, -0.2) is 42.8 Å². The number of aliphatic hydroxyl groups excluding tert-OH is 1. The molecule has 1 aliphatic heterocycles. The number of hydrogen-bond acceptors (Lipinski definition) is 5. The van der Waals surface area contributed by atoms with Gasteiger partial charge in [-0.15, -0.1) is 0 Å². The summed E-state index contributed by atoms with van der Waals surface area (Å²) in [5.41, 5.74) is 1.34. The molecule has 3 aromatic rings. The Morgan fingerprint density at radius 3 is 2.41 bits per heavy atom. The third-order valence-corrected chi connectivity index (χ3v) is 4.98. The summed E-state index contributed by atoms with van der Waals surface area (Å²) in [4.78, 5) is 35.3. The Hall–Kier alpha value is -3.74. The lowest BCUT2D eigenvalue weighted by molar-refractivity contribution is -0.139. The van der Waals surface area contributed by atoms with E-state index < -0.39 is 17.7 Å². The van der Waals surface area contributed by atoms with Crippen LogP contribution in [0.15, 0.2) is 79.2 Å². The van der Waals surface area contributed by atoms with E-state index in [1.165, 1.54) is 4.90 Å². The molecule has 1 saturated heterocycles. The van der Waals surface area contributed by atoms with Crippen LogP contribution in [0.5, 0.6) is 0 Å². The van der Waals surface area contributed by atoms with Crippen molar-refractivity contribution >= 4 is 17.4 Å². The number of likely N-dealkylation sites (tertiary alicyclic amines) is 1. The normalized spacial score (nSPS) is 18.3. The van der Waals surface area contributed by atoms with E-state index in [0.29, 0.717) is 25.1 Å². The van der Waals surface area contributed by atoms with Gasteiger partial charge in [0.15, 0.2) is 0 Å². The lowest BCUT2D eigenvalue weighted by Gasteiger charge is -2.25. The summed E-state index contributed by atoms with van der Waals surface area (Å²) < 4.78 is 1.92. The van der Waals surface area contributed by atoms with E-state index in [9.17, 15) is 14.7 Å². The van der Waals surface area contributed by atoms with E-state index >= 15 is 0 Å². The SMILES string of the molecule is O=C1C(=O)N(CCCn2ccnc2)C(c2ccncc2)/C1=C(/O)c1ccccc1. The zero-order valence-corrected chi connectivity index (χ0v) is 15.7. The standard InChI is InChI=1S/C22H20N4O3/c27-20(17-5-2-1-3-6-17)18-19(16-7-9-23-10-8-16)26(22(29)21(18)28)13-4-12-25-14-11-24-15-25/h1-3,5-11,14-15,19,27H,4,12-13H2/b20-18-. The maximum atomic E-state index is 12.9. The summed E-state index contributed by atoms with van der Waals surface area (Å²) in [7, 11) is 0. The van der Waals surface area contributed by atoms with Crippen molar-refractivity contribution in [2.24, 2.45) is 0 Å². The maximum absolute atomic E-state index is 12.9. The summed E-state index contributed by atoms with van der Waals surface area (Å²) in [6, 6.07) is 11.7. The van der Waals surface area contributed by atoms with Crippen LogP contribution in [-0.2, 0) is 16.1 Å². The maximum Gasteiger partial charge on any atom is 0.295 e. The smallest absolute Gasteiger partial charge is 0.295 e. The minimum atomic E-state index is -0.671. The molecule has 1 aliphatic rings. The van der Waals surface area contributed by atoms with Gasteiger partial charge in [0.1, 0.15) is 5.76 Å². The largest absolute Gasteiger partial charge is 0.507 e. The van der Waals surface area contributed by atoms with Gasteiger partial charge in [0.05, 0.1) is 17.9 Å². The Bertz CT molecular complexity index is 1030. The number of aryl methyl sites for hydroxylation is 1. The van der Waals surface area contributed by atoms with E-state index in [4.69, 9.17) is 0 Å². The van der Waals surface area contributed by atoms with Gasteiger partial charge in [-0.3, -0.25) is 14.6 Å². The molecule has 0 spiro atoms. The average Bonchev–Trinajstić information content (AvgIpc) is 3.37. The second kappa shape index (κ2) is 8.10. The second-order valence-electron chi connectivity index (χ2n) is 6.79. The van der Waals surface area contributed by atoms with Gasteiger partial charge in [-0.25, -0.2) is 4.98 Å². The van der Waals surface area contributed by atoms with Crippen LogP contribution in [0.25, 0.3) is 5.76 Å². The molecule has 7 heteroatoms. The third-order valence-electron chi connectivity index (χ3n) is 4.98. The van der Waals surface area contributed by atoms with E-state index in [2.05, 4.69) is 9.97 Å². The molecule has 7 nitrogen and oxygen atoms in total. The molecule has 3 heterocycles. The molecule has 1 fully saturated rings. The van der Waals surface area contributed by atoms with Crippen LogP contribution in [0.4, 0.5) is 0 Å². The number of hydrogen-bond donors (Lipinski definition) is 1. The average molecular weight is 388 g/mol. The van der Waals surface area contributed by atoms with Gasteiger partial charge in [-0.2, -0.15) is 0 Å². The molecule has 4 rings (SSSR count). The Morgan fingerprint density at radius 1 is 0.966 bits per heavy atom. The number of carbonyl (C=O) groups is 2. The number of carbonyl (C=O) groups excluding carboxylic acids is 2. The van der Waals surface area contributed by atoms with E-state index in [1.807, 2.05) is 16.8 Å². The highest BCUT2D eigenvalue weighted by Gasteiger charge is 2.45. The summed E-state index contributed by atoms with van der Waals surface area (Å²) in [6.07, 6.45) is 9.14. The minimum absolute atomic E-state index is 0.107. The van der Waals surface area contributed by atoms with Crippen molar-refractivity contribution in [2.75, 3.05) is 6.54 Å². The fraction of sp³-hybridized carbons (Fsp3) is 0.182. The van der Waals surface area contributed by atoms with Crippen molar-refractivity contribution in [3.8, 4) is 0 Å². The minimum Gasteiger partial charge on any atom is -0.507 e. The number of aromatic nitrogens is 3. The highest BCUT2D eigenvalue weighted by atomic mass is 16.3. The molecule has 29 heavy (non-hydrogen) atoms. The van der Waals surface area contributed by atoms with Crippen molar-refractivity contribution in [1.29, 1.82) is 0 Å². The number of Topliss-reactive ketones (excluding diaryl/α,β-unsaturated/α-hetero) is 1. The molecule has 1 aromatic carbocycles. The van der Waals surface area contributed by atoms with E-state index in [-0.39, 0.29) is 11.3 Å². The zero-order valence-electron chi connectivity index (χ0n) is 15.7. The first-order valence-corrected chi connectivity index (χ1v) is 9.36. The van der Waals surface area contributed by atoms with E-state index in [0.717, 1.165) is 5.56 Å². The number of pyridine rings is 1. The molecule has 2 aromatic heterocycles. The second-order valence-corrected chi connectivity index (χ2v) is 6.79. The van der Waals surface area contributed by atoms with Crippen LogP contribution in [0.1, 0.15) is 23.6 Å². The first-order chi connectivity index (χ1) is 14.2. The zero-order chi connectivity index (χ0) is 20.2. The number of ketones is 1. The van der Waals surface area contributed by atoms with Gasteiger partial charge in [0, 0.05) is 43.4 Å². The number of rotatable bonds is 6. The number of amides is 1. The van der Waals surface area contributed by atoms with Gasteiger partial charge < -0.3 is 14.6 Å². The Kier molecular flexibility index (Phi) is 5.20. The monoisotopic (exact) mass is 388 g/mol. The van der Waals surface area contributed by atoms with Gasteiger partial charge >= 0.3 is 0 Å². The van der Waals surface area contributed by atoms with Gasteiger partial charge in [-0.05, 0) is 24.1 Å². The predicted molar refractivity (Wildman–Crippen MR) is 107 cm³/mol. The van der Waals surface area contributed by atoms with Crippen molar-refractivity contribution in [2.45, 2.75) is 19.0 Å². The molecule has 1 amide bonds. The first kappa shape index (κ1) is 18.6. The highest BCUT2D eigenvalue weighted by molar-refractivity contribution is 6.46. The molecule has 1 unspecified atom stereocenters. The third kappa shape index (κ3) is 3.67. The first-order valence-electron chi connectivity index (χ1n) is 9.36. The summed E-state index contributed by atoms with van der Waals surface area (Å²) >= 11 is 0. The quantitative estimate of drug-likeness (QED) is 0.399. The number of imidazole rings is 1. The van der Waals surface area contributed by atoms with Gasteiger partial charge in [0.2, 0.25) is 0 Å². The molecule has 0 saturated carbocycles. The summed E-state index contributed by atoms with van der Waals surface area (Å²) in [5.74, 6) is -1.44. The van der Waals surface area contributed by atoms with Crippen molar-refractivity contribution in [1.82, 2.24) is 19.4 Å². The number of aliphatic hydroxyl groups is 1. The van der Waals surface area contributed by atoms with Crippen LogP contribution >= 0.6 is 0 Å². The van der Waals surface area contributed by atoms with Crippen molar-refractivity contribution < 1.29 is 14.7 Å². The molecule has 0 bridgehead atoms. The topological polar surface area (TPSA) is 88.3 Å². The molecule has 146 valence electrons. The molecule has 0 radical (unpaired) electrons. The van der Waals surface area contributed by atoms with Crippen LogP contribution in [0, 0.1) is 0 Å². The number of nitrogens with zero attached hydrogens (tertiary/aromatic N) is 4. The number of benzene rings is 1. The molecule has 0 aliphatic carbocycles. The van der Waals surface area contributed by atoms with Crippen LogP contribution < -0.4 is 0 Å². The summed E-state index contributed by atoms with van der Waals surface area (Å²) in [5, 5.41) is 10.9.